The molecule has 2 aliphatic heterocycles. The molecule has 0 aliphatic carbocycles. The molecule has 2 aliphatic rings. The van der Waals surface area contributed by atoms with Gasteiger partial charge >= 0.3 is 6.18 Å². The van der Waals surface area contributed by atoms with Crippen LogP contribution >= 0.6 is 23.6 Å². The van der Waals surface area contributed by atoms with Gasteiger partial charge in [0.25, 0.3) is 11.8 Å². The molecule has 370 valence electrons. The number of aliphatic hydroxyl groups is 1. The predicted octanol–water partition coefficient (Wildman–Crippen LogP) is 8.00. The van der Waals surface area contributed by atoms with E-state index in [9.17, 15) is 37.9 Å². The molecule has 0 radical (unpaired) electrons. The molecule has 2 saturated heterocycles. The van der Waals surface area contributed by atoms with Gasteiger partial charge in [-0.1, -0.05) is 20.8 Å². The van der Waals surface area contributed by atoms with E-state index >= 15 is 8.78 Å². The molecule has 7 rings (SSSR count). The number of β-amino-alcohol motifs (C(OH)–C–C–N with tert-alkyl or cyclic N) is 1. The van der Waals surface area contributed by atoms with Crippen molar-refractivity contribution in [2.75, 3.05) is 36.2 Å². The Morgan fingerprint density at radius 1 is 1.09 bits per heavy atom. The van der Waals surface area contributed by atoms with Gasteiger partial charge in [-0.2, -0.15) is 18.4 Å². The number of nitrogens with zero attached hydrogens (tertiary/aromatic N) is 8. The zero-order valence-corrected chi connectivity index (χ0v) is 40.6. The van der Waals surface area contributed by atoms with Crippen molar-refractivity contribution in [2.24, 2.45) is 5.41 Å². The molecule has 23 heteroatoms. The first kappa shape index (κ1) is 51.4. The van der Waals surface area contributed by atoms with Crippen LogP contribution in [0.3, 0.4) is 0 Å². The number of ether oxygens (including phenoxy) is 2. The van der Waals surface area contributed by atoms with Crippen molar-refractivity contribution < 1.29 is 55.3 Å². The van der Waals surface area contributed by atoms with Crippen molar-refractivity contribution in [1.29, 1.82) is 5.26 Å². The van der Waals surface area contributed by atoms with Gasteiger partial charge in [-0.05, 0) is 94.1 Å². The van der Waals surface area contributed by atoms with Crippen LogP contribution in [0.4, 0.5) is 33.3 Å². The van der Waals surface area contributed by atoms with Gasteiger partial charge in [0.2, 0.25) is 17.7 Å². The van der Waals surface area contributed by atoms with E-state index in [-0.39, 0.29) is 55.9 Å². The van der Waals surface area contributed by atoms with E-state index in [4.69, 9.17) is 26.1 Å². The number of hydrogen-bond donors (Lipinski definition) is 2. The lowest BCUT2D eigenvalue weighted by molar-refractivity contribution is -0.142. The molecule has 16 nitrogen and oxygen atoms in total. The SMILES string of the molecule is Cc1cc(OCCCCOCC(=O)N[C@H](C(=O)N2C[C@H](O)C[C@H]2c2nnc(-c3scnc3C)o2)C(C)(C)C)ccc1-c1ncc(N2C(=S)N(c3ccc(C#N)c(C(F)(F)F)c3F)C(=O)C2(C)C)cc1F. The number of hydrogen-bond acceptors (Lipinski definition) is 14. The number of thiocarbonyl (C=S) groups is 1. The highest BCUT2D eigenvalue weighted by Crippen LogP contribution is 2.43. The largest absolute Gasteiger partial charge is 0.494 e. The van der Waals surface area contributed by atoms with Crippen LogP contribution in [0.5, 0.6) is 5.75 Å². The van der Waals surface area contributed by atoms with Gasteiger partial charge in [0, 0.05) is 31.2 Å². The summed E-state index contributed by atoms with van der Waals surface area (Å²) in [6, 6.07) is 7.28. The molecule has 2 fully saturated rings. The van der Waals surface area contributed by atoms with Crippen LogP contribution in [0.25, 0.3) is 22.0 Å². The number of thiazole rings is 1. The Balaban J connectivity index is 0.900. The van der Waals surface area contributed by atoms with Crippen molar-refractivity contribution in [3.8, 4) is 33.8 Å². The van der Waals surface area contributed by atoms with Crippen LogP contribution in [0.1, 0.15) is 88.2 Å². The second-order valence-electron chi connectivity index (χ2n) is 18.3. The van der Waals surface area contributed by atoms with E-state index in [1.165, 1.54) is 47.3 Å². The maximum atomic E-state index is 15.9. The number of nitriles is 1. The number of anilines is 2. The fourth-order valence-electron chi connectivity index (χ4n) is 8.23. The molecule has 0 saturated carbocycles. The zero-order chi connectivity index (χ0) is 51.0. The minimum absolute atomic E-state index is 0.0177. The molecule has 5 heterocycles. The lowest BCUT2D eigenvalue weighted by Gasteiger charge is -2.35. The van der Waals surface area contributed by atoms with E-state index in [2.05, 4.69) is 25.5 Å². The Bertz CT molecular complexity index is 2880. The third-order valence-electron chi connectivity index (χ3n) is 11.8. The fourth-order valence-corrected chi connectivity index (χ4v) is 9.46. The number of rotatable bonds is 15. The van der Waals surface area contributed by atoms with Crippen molar-refractivity contribution in [2.45, 2.75) is 97.6 Å². The second-order valence-corrected chi connectivity index (χ2v) is 19.6. The summed E-state index contributed by atoms with van der Waals surface area (Å²) in [5.74, 6) is -3.52. The number of halogens is 5. The normalized spacial score (nSPS) is 17.6. The van der Waals surface area contributed by atoms with Crippen molar-refractivity contribution >= 4 is 57.8 Å². The number of pyridine rings is 1. The molecule has 3 amide bonds. The Morgan fingerprint density at radius 2 is 1.81 bits per heavy atom. The molecule has 3 atom stereocenters. The second kappa shape index (κ2) is 20.1. The fraction of sp³-hybridized carbons (Fsp3) is 0.426. The number of carbonyl (C=O) groups is 3. The number of likely N-dealkylation sites (tertiary alicyclic amines) is 1. The molecule has 3 aromatic heterocycles. The van der Waals surface area contributed by atoms with Crippen molar-refractivity contribution in [3.63, 3.8) is 0 Å². The van der Waals surface area contributed by atoms with E-state index in [0.29, 0.717) is 39.5 Å². The predicted molar refractivity (Wildman–Crippen MR) is 249 cm³/mol. The summed E-state index contributed by atoms with van der Waals surface area (Å²) < 4.78 is 90.2. The first-order valence-electron chi connectivity index (χ1n) is 21.9. The number of unbranched alkanes of at least 4 members (excludes halogenated alkanes) is 1. The molecule has 0 unspecified atom stereocenters. The summed E-state index contributed by atoms with van der Waals surface area (Å²) in [7, 11) is 0. The molecule has 0 spiro atoms. The molecular formula is C47H48F5N9O7S2. The summed E-state index contributed by atoms with van der Waals surface area (Å²) in [6.45, 7) is 12.0. The minimum Gasteiger partial charge on any atom is -0.494 e. The van der Waals surface area contributed by atoms with Gasteiger partial charge in [0.1, 0.15) is 46.1 Å². The maximum absolute atomic E-state index is 15.9. The van der Waals surface area contributed by atoms with Crippen LogP contribution in [0, 0.1) is 42.2 Å². The Kier molecular flexibility index (Phi) is 14.7. The minimum atomic E-state index is -5.25. The van der Waals surface area contributed by atoms with Gasteiger partial charge in [-0.15, -0.1) is 21.5 Å². The van der Waals surface area contributed by atoms with Gasteiger partial charge in [-0.3, -0.25) is 24.3 Å². The average molecular weight is 1010 g/mol. The highest BCUT2D eigenvalue weighted by molar-refractivity contribution is 7.81. The summed E-state index contributed by atoms with van der Waals surface area (Å²) in [6.07, 6.45) is -3.57. The highest BCUT2D eigenvalue weighted by atomic mass is 32.1. The molecule has 2 aromatic carbocycles. The molecule has 5 aromatic rings. The number of aliphatic hydroxyl groups excluding tert-OH is 1. The molecule has 2 N–H and O–H groups in total. The van der Waals surface area contributed by atoms with Crippen LogP contribution in [0.15, 0.2) is 52.5 Å². The summed E-state index contributed by atoms with van der Waals surface area (Å²) in [4.78, 5) is 53.2. The van der Waals surface area contributed by atoms with E-state index in [1.54, 1.807) is 30.6 Å². The Morgan fingerprint density at radius 3 is 2.46 bits per heavy atom. The van der Waals surface area contributed by atoms with Gasteiger partial charge < -0.3 is 34.1 Å². The van der Waals surface area contributed by atoms with Crippen molar-refractivity contribution in [1.82, 2.24) is 30.4 Å². The number of carbonyl (C=O) groups excluding carboxylic acids is 3. The first-order chi connectivity index (χ1) is 32.9. The van der Waals surface area contributed by atoms with Crippen LogP contribution in [0.2, 0.25) is 0 Å². The average Bonchev–Trinajstić information content (AvgIpc) is 4.07. The monoisotopic (exact) mass is 1010 g/mol. The lowest BCUT2D eigenvalue weighted by atomic mass is 9.85. The Labute approximate surface area is 408 Å². The number of nitrogens with one attached hydrogen (secondary N) is 1. The van der Waals surface area contributed by atoms with Gasteiger partial charge in [-0.25, -0.2) is 13.8 Å². The summed E-state index contributed by atoms with van der Waals surface area (Å²) >= 11 is 6.82. The summed E-state index contributed by atoms with van der Waals surface area (Å²) in [5, 5.41) is 30.5. The van der Waals surface area contributed by atoms with Gasteiger partial charge in [0.05, 0.1) is 53.1 Å². The number of aromatic nitrogens is 4. The zero-order valence-electron chi connectivity index (χ0n) is 39.0. The van der Waals surface area contributed by atoms with Crippen LogP contribution in [-0.4, -0.2) is 97.1 Å². The number of amides is 3. The molecular weight excluding hydrogens is 962 g/mol. The van der Waals surface area contributed by atoms with Crippen LogP contribution < -0.4 is 19.9 Å². The number of benzene rings is 2. The number of alkyl halides is 3. The standard InChI is InChI=1S/C47H48F5N9O7S2/c1-24-16-29(11-12-30(24)37-31(48)17-27(20-54-37)61-44(69)60(43(65)46(61,6)7)32-13-10-26(19-53)35(36(32)49)47(50,51)52)67-15-9-8-14-66-22-34(63)56-39(45(3,4)5)42(64)59-21-28(62)18-33(59)40-57-58-41(68-40)38-25(2)55-23-70-38/h10-13,16-17,20,23,28,33,39,62H,8-9,14-15,18,21-22H2,1-7H3,(H,56,63)/t28-,33+,39-/m1/s1. The quantitative estimate of drug-likeness (QED) is 0.0581. The third kappa shape index (κ3) is 10.4. The van der Waals surface area contributed by atoms with Gasteiger partial charge in [0.15, 0.2) is 16.7 Å². The Hall–Kier alpha value is -6.48. The highest BCUT2D eigenvalue weighted by Gasteiger charge is 2.52. The first-order valence-corrected chi connectivity index (χ1v) is 23.2. The summed E-state index contributed by atoms with van der Waals surface area (Å²) in [5.41, 5.74) is -2.61. The topological polar surface area (TPSA) is 200 Å². The van der Waals surface area contributed by atoms with E-state index < -0.39 is 86.6 Å². The lowest BCUT2D eigenvalue weighted by Crippen LogP contribution is -2.55. The van der Waals surface area contributed by atoms with E-state index in [1.807, 2.05) is 27.7 Å². The van der Waals surface area contributed by atoms with Crippen molar-refractivity contribution in [3.05, 3.63) is 88.0 Å². The van der Waals surface area contributed by atoms with Crippen LogP contribution in [-0.2, 0) is 25.3 Å². The third-order valence-corrected chi connectivity index (χ3v) is 13.1. The maximum Gasteiger partial charge on any atom is 0.420 e. The molecule has 70 heavy (non-hydrogen) atoms. The molecule has 0 bridgehead atoms. The van der Waals surface area contributed by atoms with E-state index in [0.717, 1.165) is 23.9 Å². The number of aryl methyl sites for hydroxylation is 2. The smallest absolute Gasteiger partial charge is 0.420 e.